The molecule has 1 heterocycles. The van der Waals surface area contributed by atoms with Crippen molar-refractivity contribution in [3.63, 3.8) is 0 Å². The topological polar surface area (TPSA) is 29.3 Å². The lowest BCUT2D eigenvalue weighted by molar-refractivity contribution is 0.644. The number of hydrogen-bond acceptors (Lipinski definition) is 3. The molecule has 2 rings (SSSR count). The van der Waals surface area contributed by atoms with Crippen LogP contribution in [0, 0.1) is 0 Å². The Morgan fingerprint density at radius 3 is 3.00 bits per heavy atom. The number of benzene rings is 1. The van der Waals surface area contributed by atoms with E-state index in [0.29, 0.717) is 0 Å². The maximum Gasteiger partial charge on any atom is 0.0642 e. The first-order valence-corrected chi connectivity index (χ1v) is 8.61. The van der Waals surface area contributed by atoms with E-state index in [2.05, 4.69) is 17.9 Å². The van der Waals surface area contributed by atoms with Crippen LogP contribution in [0.1, 0.15) is 25.3 Å². The van der Waals surface area contributed by atoms with E-state index in [1.807, 2.05) is 23.9 Å². The molecule has 2 N–H and O–H groups in total. The number of hydrogen-bond donors (Lipinski definition) is 1. The first-order chi connectivity index (χ1) is 9.22. The van der Waals surface area contributed by atoms with E-state index < -0.39 is 0 Å². The van der Waals surface area contributed by atoms with Crippen molar-refractivity contribution in [3.05, 3.63) is 28.8 Å². The van der Waals surface area contributed by atoms with E-state index in [4.69, 9.17) is 17.3 Å². The molecule has 2 nitrogen and oxygen atoms in total. The van der Waals surface area contributed by atoms with Gasteiger partial charge in [-0.15, -0.1) is 0 Å². The molecule has 1 aliphatic heterocycles. The molecule has 0 aromatic heterocycles. The van der Waals surface area contributed by atoms with Gasteiger partial charge in [0.2, 0.25) is 0 Å². The van der Waals surface area contributed by atoms with Crippen molar-refractivity contribution in [2.24, 2.45) is 5.73 Å². The van der Waals surface area contributed by atoms with Crippen LogP contribution in [-0.4, -0.2) is 30.6 Å². The van der Waals surface area contributed by atoms with E-state index in [1.54, 1.807) is 0 Å². The van der Waals surface area contributed by atoms with Crippen LogP contribution in [-0.2, 0) is 6.42 Å². The van der Waals surface area contributed by atoms with Crippen molar-refractivity contribution >= 4 is 29.1 Å². The summed E-state index contributed by atoms with van der Waals surface area (Å²) in [6.07, 6.45) is 3.15. The van der Waals surface area contributed by atoms with Crippen LogP contribution < -0.4 is 10.6 Å². The van der Waals surface area contributed by atoms with E-state index in [9.17, 15) is 0 Å². The predicted molar refractivity (Wildman–Crippen MR) is 87.6 cm³/mol. The molecular weight excluding hydrogens is 276 g/mol. The minimum absolute atomic E-state index is 0.221. The van der Waals surface area contributed by atoms with Crippen molar-refractivity contribution in [2.45, 2.75) is 32.2 Å². The fourth-order valence-corrected chi connectivity index (χ4v) is 3.68. The molecule has 1 saturated heterocycles. The van der Waals surface area contributed by atoms with Gasteiger partial charge in [0.05, 0.1) is 10.7 Å². The molecule has 1 aromatic carbocycles. The Balaban J connectivity index is 2.25. The highest BCUT2D eigenvalue weighted by molar-refractivity contribution is 7.99. The maximum atomic E-state index is 6.45. The molecule has 106 valence electrons. The number of para-hydroxylation sites is 1. The molecule has 19 heavy (non-hydrogen) atoms. The summed E-state index contributed by atoms with van der Waals surface area (Å²) in [6, 6.07) is 6.43. The molecule has 1 unspecified atom stereocenters. The third kappa shape index (κ3) is 4.04. The van der Waals surface area contributed by atoms with Crippen molar-refractivity contribution in [2.75, 3.05) is 29.5 Å². The predicted octanol–water partition coefficient (Wildman–Crippen LogP) is 3.56. The first-order valence-electron chi connectivity index (χ1n) is 7.08. The molecule has 0 amide bonds. The van der Waals surface area contributed by atoms with Crippen LogP contribution in [0.3, 0.4) is 0 Å². The number of nitrogens with two attached hydrogens (primary N) is 1. The quantitative estimate of drug-likeness (QED) is 0.921. The highest BCUT2D eigenvalue weighted by atomic mass is 35.5. The Labute approximate surface area is 125 Å². The van der Waals surface area contributed by atoms with Gasteiger partial charge in [-0.3, -0.25) is 0 Å². The zero-order valence-corrected chi connectivity index (χ0v) is 13.1. The largest absolute Gasteiger partial charge is 0.369 e. The summed E-state index contributed by atoms with van der Waals surface area (Å²) in [6.45, 7) is 4.32. The Kier molecular flexibility index (Phi) is 5.86. The Morgan fingerprint density at radius 1 is 1.37 bits per heavy atom. The Bertz CT molecular complexity index is 403. The van der Waals surface area contributed by atoms with Gasteiger partial charge in [-0.2, -0.15) is 11.8 Å². The highest BCUT2D eigenvalue weighted by Gasteiger charge is 2.17. The van der Waals surface area contributed by atoms with E-state index in [0.717, 1.165) is 31.0 Å². The van der Waals surface area contributed by atoms with Gasteiger partial charge < -0.3 is 10.6 Å². The van der Waals surface area contributed by atoms with Gasteiger partial charge in [-0.05, 0) is 36.6 Å². The van der Waals surface area contributed by atoms with Gasteiger partial charge in [0.1, 0.15) is 0 Å². The SMILES string of the molecule is CCC(N)Cc1cccc(Cl)c1N1CCCSCC1. The molecule has 4 heteroatoms. The lowest BCUT2D eigenvalue weighted by Gasteiger charge is -2.27. The molecular formula is C15H23ClN2S. The van der Waals surface area contributed by atoms with Crippen molar-refractivity contribution < 1.29 is 0 Å². The molecule has 1 aromatic rings. The number of nitrogens with zero attached hydrogens (tertiary/aromatic N) is 1. The maximum absolute atomic E-state index is 6.45. The Hall–Kier alpha value is -0.380. The van der Waals surface area contributed by atoms with Crippen molar-refractivity contribution in [1.29, 1.82) is 0 Å². The summed E-state index contributed by atoms with van der Waals surface area (Å²) < 4.78 is 0. The molecule has 0 bridgehead atoms. The summed E-state index contributed by atoms with van der Waals surface area (Å²) in [5.41, 5.74) is 8.64. The fourth-order valence-electron chi connectivity index (χ4n) is 2.48. The normalized spacial score (nSPS) is 18.2. The average Bonchev–Trinajstić information content (AvgIpc) is 2.67. The van der Waals surface area contributed by atoms with Crippen LogP contribution in [0.15, 0.2) is 18.2 Å². The zero-order chi connectivity index (χ0) is 13.7. The Morgan fingerprint density at radius 2 is 2.21 bits per heavy atom. The third-order valence-corrected chi connectivity index (χ3v) is 4.97. The number of anilines is 1. The monoisotopic (exact) mass is 298 g/mol. The van der Waals surface area contributed by atoms with Gasteiger partial charge >= 0.3 is 0 Å². The van der Waals surface area contributed by atoms with Crippen LogP contribution in [0.4, 0.5) is 5.69 Å². The second-order valence-electron chi connectivity index (χ2n) is 5.07. The minimum atomic E-state index is 0.221. The van der Waals surface area contributed by atoms with Gasteiger partial charge in [0.15, 0.2) is 0 Å². The van der Waals surface area contributed by atoms with Crippen LogP contribution in [0.5, 0.6) is 0 Å². The molecule has 0 saturated carbocycles. The van der Waals surface area contributed by atoms with Gasteiger partial charge in [-0.25, -0.2) is 0 Å². The standard InChI is InChI=1S/C15H23ClN2S/c1-2-13(17)11-12-5-3-6-14(16)15(12)18-7-4-9-19-10-8-18/h3,5-6,13H,2,4,7-11,17H2,1H3. The van der Waals surface area contributed by atoms with Gasteiger partial charge in [-0.1, -0.05) is 30.7 Å². The fraction of sp³-hybridized carbons (Fsp3) is 0.600. The third-order valence-electron chi connectivity index (χ3n) is 3.62. The number of rotatable bonds is 4. The van der Waals surface area contributed by atoms with Crippen LogP contribution in [0.2, 0.25) is 5.02 Å². The van der Waals surface area contributed by atoms with E-state index in [1.165, 1.54) is 29.2 Å². The smallest absolute Gasteiger partial charge is 0.0642 e. The van der Waals surface area contributed by atoms with Crippen molar-refractivity contribution in [3.8, 4) is 0 Å². The lowest BCUT2D eigenvalue weighted by atomic mass is 10.0. The molecule has 0 aliphatic carbocycles. The second-order valence-corrected chi connectivity index (χ2v) is 6.70. The second kappa shape index (κ2) is 7.41. The number of halogens is 1. The highest BCUT2D eigenvalue weighted by Crippen LogP contribution is 2.32. The zero-order valence-electron chi connectivity index (χ0n) is 11.6. The molecule has 1 atom stereocenters. The number of thioether (sulfide) groups is 1. The van der Waals surface area contributed by atoms with Crippen molar-refractivity contribution in [1.82, 2.24) is 0 Å². The first kappa shape index (κ1) is 15.0. The summed E-state index contributed by atoms with van der Waals surface area (Å²) in [7, 11) is 0. The molecule has 1 fully saturated rings. The molecule has 1 aliphatic rings. The summed E-state index contributed by atoms with van der Waals surface area (Å²) in [4.78, 5) is 2.44. The molecule has 0 spiro atoms. The minimum Gasteiger partial charge on any atom is -0.369 e. The average molecular weight is 299 g/mol. The summed E-state index contributed by atoms with van der Waals surface area (Å²) in [5.74, 6) is 2.44. The molecule has 0 radical (unpaired) electrons. The summed E-state index contributed by atoms with van der Waals surface area (Å²) >= 11 is 8.49. The van der Waals surface area contributed by atoms with Gasteiger partial charge in [0, 0.05) is 24.9 Å². The van der Waals surface area contributed by atoms with E-state index >= 15 is 0 Å². The summed E-state index contributed by atoms with van der Waals surface area (Å²) in [5, 5.41) is 0.868. The lowest BCUT2D eigenvalue weighted by Crippen LogP contribution is -2.29. The van der Waals surface area contributed by atoms with Gasteiger partial charge in [0.25, 0.3) is 0 Å². The van der Waals surface area contributed by atoms with Crippen LogP contribution in [0.25, 0.3) is 0 Å². The van der Waals surface area contributed by atoms with E-state index in [-0.39, 0.29) is 6.04 Å². The van der Waals surface area contributed by atoms with Crippen LogP contribution >= 0.6 is 23.4 Å².